The van der Waals surface area contributed by atoms with E-state index < -0.39 is 30.5 Å². The maximum atomic E-state index is 14.1. The van der Waals surface area contributed by atoms with Gasteiger partial charge in [-0.1, -0.05) is 0 Å². The monoisotopic (exact) mass is 342 g/mol. The van der Waals surface area contributed by atoms with Crippen LogP contribution in [0.2, 0.25) is 0 Å². The maximum Gasteiger partial charge on any atom is 0.240 e. The van der Waals surface area contributed by atoms with E-state index in [1.807, 2.05) is 0 Å². The SMILES string of the molecule is COc1cc(F)c([C@@H](CC(F)F)N2CCNCC2)c(F)c1.Cl. The number of hydrogen-bond donors (Lipinski definition) is 1. The average molecular weight is 343 g/mol. The highest BCUT2D eigenvalue weighted by atomic mass is 35.5. The van der Waals surface area contributed by atoms with E-state index in [1.165, 1.54) is 7.11 Å². The van der Waals surface area contributed by atoms with Crippen molar-refractivity contribution in [3.8, 4) is 5.75 Å². The highest BCUT2D eigenvalue weighted by molar-refractivity contribution is 5.85. The quantitative estimate of drug-likeness (QED) is 0.833. The summed E-state index contributed by atoms with van der Waals surface area (Å²) < 4.78 is 58.7. The zero-order valence-electron chi connectivity index (χ0n) is 12.1. The fourth-order valence-electron chi connectivity index (χ4n) is 2.61. The minimum absolute atomic E-state index is 0. The molecular weight excluding hydrogens is 324 g/mol. The molecule has 0 saturated carbocycles. The largest absolute Gasteiger partial charge is 0.497 e. The van der Waals surface area contributed by atoms with Crippen LogP contribution in [0.5, 0.6) is 5.75 Å². The van der Waals surface area contributed by atoms with Crippen LogP contribution in [0, 0.1) is 11.6 Å². The number of nitrogens with zero attached hydrogens (tertiary/aromatic N) is 1. The molecule has 126 valence electrons. The molecule has 0 amide bonds. The van der Waals surface area contributed by atoms with Crippen LogP contribution in [-0.4, -0.2) is 44.6 Å². The molecule has 2 rings (SSSR count). The van der Waals surface area contributed by atoms with Gasteiger partial charge in [0.25, 0.3) is 0 Å². The summed E-state index contributed by atoms with van der Waals surface area (Å²) in [7, 11) is 1.29. The van der Waals surface area contributed by atoms with E-state index in [-0.39, 0.29) is 23.7 Å². The highest BCUT2D eigenvalue weighted by Gasteiger charge is 2.30. The van der Waals surface area contributed by atoms with Gasteiger partial charge >= 0.3 is 0 Å². The fourth-order valence-corrected chi connectivity index (χ4v) is 2.61. The zero-order chi connectivity index (χ0) is 15.4. The number of benzene rings is 1. The molecule has 1 saturated heterocycles. The minimum Gasteiger partial charge on any atom is -0.497 e. The van der Waals surface area contributed by atoms with Gasteiger partial charge in [-0.05, 0) is 0 Å². The summed E-state index contributed by atoms with van der Waals surface area (Å²) in [5.74, 6) is -1.67. The van der Waals surface area contributed by atoms with Gasteiger partial charge in [-0.3, -0.25) is 4.90 Å². The lowest BCUT2D eigenvalue weighted by Crippen LogP contribution is -2.46. The van der Waals surface area contributed by atoms with Crippen molar-refractivity contribution in [1.29, 1.82) is 0 Å². The van der Waals surface area contributed by atoms with E-state index in [0.29, 0.717) is 26.2 Å². The van der Waals surface area contributed by atoms with E-state index >= 15 is 0 Å². The molecule has 1 aromatic rings. The molecular formula is C14H19ClF4N2O. The molecule has 3 nitrogen and oxygen atoms in total. The van der Waals surface area contributed by atoms with Crippen molar-refractivity contribution in [2.24, 2.45) is 0 Å². The Morgan fingerprint density at radius 3 is 2.18 bits per heavy atom. The van der Waals surface area contributed by atoms with Gasteiger partial charge in [-0.25, -0.2) is 17.6 Å². The number of ether oxygens (including phenoxy) is 1. The van der Waals surface area contributed by atoms with Crippen LogP contribution in [0.1, 0.15) is 18.0 Å². The zero-order valence-corrected chi connectivity index (χ0v) is 12.9. The molecule has 0 aromatic heterocycles. The van der Waals surface area contributed by atoms with Crippen molar-refractivity contribution in [1.82, 2.24) is 10.2 Å². The van der Waals surface area contributed by atoms with Crippen LogP contribution in [0.4, 0.5) is 17.6 Å². The second-order valence-electron chi connectivity index (χ2n) is 4.93. The fraction of sp³-hybridized carbons (Fsp3) is 0.571. The number of hydrogen-bond acceptors (Lipinski definition) is 3. The first-order valence-corrected chi connectivity index (χ1v) is 6.78. The van der Waals surface area contributed by atoms with Crippen LogP contribution in [-0.2, 0) is 0 Å². The topological polar surface area (TPSA) is 24.5 Å². The lowest BCUT2D eigenvalue weighted by molar-refractivity contribution is 0.0709. The predicted molar refractivity (Wildman–Crippen MR) is 78.0 cm³/mol. The van der Waals surface area contributed by atoms with Crippen LogP contribution in [0.3, 0.4) is 0 Å². The third kappa shape index (κ3) is 4.47. The summed E-state index contributed by atoms with van der Waals surface area (Å²) >= 11 is 0. The highest BCUT2D eigenvalue weighted by Crippen LogP contribution is 2.33. The Labute approximate surface area is 133 Å². The maximum absolute atomic E-state index is 14.1. The number of methoxy groups -OCH3 is 1. The molecule has 0 unspecified atom stereocenters. The molecule has 1 N–H and O–H groups in total. The first-order valence-electron chi connectivity index (χ1n) is 6.78. The van der Waals surface area contributed by atoms with E-state index in [9.17, 15) is 17.6 Å². The molecule has 1 heterocycles. The van der Waals surface area contributed by atoms with Gasteiger partial charge in [0.05, 0.1) is 7.11 Å². The molecule has 0 radical (unpaired) electrons. The van der Waals surface area contributed by atoms with E-state index in [4.69, 9.17) is 4.74 Å². The van der Waals surface area contributed by atoms with Crippen LogP contribution in [0.15, 0.2) is 12.1 Å². The van der Waals surface area contributed by atoms with Crippen molar-refractivity contribution in [2.75, 3.05) is 33.3 Å². The number of nitrogens with one attached hydrogen (secondary N) is 1. The Balaban J connectivity index is 0.00000242. The Morgan fingerprint density at radius 1 is 1.18 bits per heavy atom. The summed E-state index contributed by atoms with van der Waals surface area (Å²) in [4.78, 5) is 1.69. The van der Waals surface area contributed by atoms with E-state index in [2.05, 4.69) is 5.32 Å². The normalized spacial score (nSPS) is 17.2. The molecule has 0 bridgehead atoms. The van der Waals surface area contributed by atoms with Gasteiger partial charge in [-0.2, -0.15) is 0 Å². The van der Waals surface area contributed by atoms with Gasteiger partial charge in [0, 0.05) is 56.3 Å². The van der Waals surface area contributed by atoms with Gasteiger partial charge in [-0.15, -0.1) is 12.4 Å². The molecule has 0 spiro atoms. The summed E-state index contributed by atoms with van der Waals surface area (Å²) in [5.41, 5.74) is -0.307. The Kier molecular flexibility index (Phi) is 7.38. The molecule has 8 heteroatoms. The molecule has 1 aromatic carbocycles. The lowest BCUT2D eigenvalue weighted by Gasteiger charge is -2.35. The van der Waals surface area contributed by atoms with Crippen molar-refractivity contribution in [3.05, 3.63) is 29.3 Å². The van der Waals surface area contributed by atoms with Gasteiger partial charge < -0.3 is 10.1 Å². The predicted octanol–water partition coefficient (Wildman–Crippen LogP) is 3.00. The van der Waals surface area contributed by atoms with Gasteiger partial charge in [0.15, 0.2) is 0 Å². The van der Waals surface area contributed by atoms with Gasteiger partial charge in [0.2, 0.25) is 6.43 Å². The Hall–Kier alpha value is -1.05. The van der Waals surface area contributed by atoms with Crippen LogP contribution >= 0.6 is 12.4 Å². The third-order valence-corrected chi connectivity index (χ3v) is 3.62. The van der Waals surface area contributed by atoms with Crippen LogP contribution < -0.4 is 10.1 Å². The first-order chi connectivity index (χ1) is 10.0. The first kappa shape index (κ1) is 19.0. The minimum atomic E-state index is -2.63. The second-order valence-corrected chi connectivity index (χ2v) is 4.93. The number of alkyl halides is 2. The van der Waals surface area contributed by atoms with Crippen molar-refractivity contribution >= 4 is 12.4 Å². The smallest absolute Gasteiger partial charge is 0.240 e. The van der Waals surface area contributed by atoms with Crippen molar-refractivity contribution in [2.45, 2.75) is 18.9 Å². The molecule has 1 aliphatic rings. The van der Waals surface area contributed by atoms with Crippen LogP contribution in [0.25, 0.3) is 0 Å². The Bertz CT molecular complexity index is 461. The molecule has 1 aliphatic heterocycles. The number of rotatable bonds is 5. The third-order valence-electron chi connectivity index (χ3n) is 3.62. The second kappa shape index (κ2) is 8.55. The van der Waals surface area contributed by atoms with E-state index in [0.717, 1.165) is 12.1 Å². The molecule has 1 fully saturated rings. The molecule has 0 aliphatic carbocycles. The van der Waals surface area contributed by atoms with E-state index in [1.54, 1.807) is 4.90 Å². The number of piperazine rings is 1. The summed E-state index contributed by atoms with van der Waals surface area (Å²) in [6, 6.07) is 1.08. The number of halogens is 5. The summed E-state index contributed by atoms with van der Waals surface area (Å²) in [5, 5.41) is 3.09. The van der Waals surface area contributed by atoms with Crippen molar-refractivity contribution < 1.29 is 22.3 Å². The molecule has 1 atom stereocenters. The standard InChI is InChI=1S/C14H18F4N2O.ClH/c1-21-9-6-10(15)14(11(16)7-9)12(8-13(17)18)20-4-2-19-3-5-20;/h6-7,12-13,19H,2-5,8H2,1H3;1H/t12-;/m1./s1. The van der Waals surface area contributed by atoms with Gasteiger partial charge in [0.1, 0.15) is 17.4 Å². The summed E-state index contributed by atoms with van der Waals surface area (Å²) in [6.07, 6.45) is -3.23. The summed E-state index contributed by atoms with van der Waals surface area (Å²) in [6.45, 7) is 2.17. The average Bonchev–Trinajstić information content (AvgIpc) is 2.45. The van der Waals surface area contributed by atoms with Crippen molar-refractivity contribution in [3.63, 3.8) is 0 Å². The Morgan fingerprint density at radius 2 is 1.73 bits per heavy atom. The lowest BCUT2D eigenvalue weighted by atomic mass is 9.99. The molecule has 22 heavy (non-hydrogen) atoms.